The van der Waals surface area contributed by atoms with Crippen molar-refractivity contribution in [3.8, 4) is 0 Å². The zero-order valence-electron chi connectivity index (χ0n) is 9.01. The first-order valence-corrected chi connectivity index (χ1v) is 5.19. The van der Waals surface area contributed by atoms with Gasteiger partial charge in [-0.05, 0) is 13.0 Å². The molecular weight excluding hydrogens is 219 g/mol. The number of aromatic nitrogens is 2. The van der Waals surface area contributed by atoms with Crippen LogP contribution in [0.5, 0.6) is 0 Å². The van der Waals surface area contributed by atoms with Crippen molar-refractivity contribution in [1.82, 2.24) is 14.9 Å². The summed E-state index contributed by atoms with van der Waals surface area (Å²) in [5.41, 5.74) is 0.428. The van der Waals surface area contributed by atoms with Crippen LogP contribution in [0.15, 0.2) is 12.5 Å². The normalized spacial score (nSPS) is 26.2. The average Bonchev–Trinajstić information content (AvgIpc) is 2.72. The van der Waals surface area contributed by atoms with Crippen molar-refractivity contribution < 1.29 is 13.2 Å². The Bertz CT molecular complexity index is 364. The minimum Gasteiger partial charge on any atom is -0.325 e. The highest BCUT2D eigenvalue weighted by atomic mass is 19.4. The van der Waals surface area contributed by atoms with Gasteiger partial charge < -0.3 is 9.88 Å². The molecule has 1 unspecified atom stereocenters. The van der Waals surface area contributed by atoms with Crippen LogP contribution in [-0.2, 0) is 12.0 Å². The molecule has 6 heteroatoms. The third-order valence-corrected chi connectivity index (χ3v) is 3.05. The molecule has 1 atom stereocenters. The van der Waals surface area contributed by atoms with Crippen LogP contribution in [0, 0.1) is 0 Å². The molecule has 1 aromatic heterocycles. The number of halogens is 3. The summed E-state index contributed by atoms with van der Waals surface area (Å²) < 4.78 is 38.2. The molecule has 1 fully saturated rings. The molecule has 0 bridgehead atoms. The molecule has 0 saturated carbocycles. The Morgan fingerprint density at radius 2 is 2.31 bits per heavy atom. The summed E-state index contributed by atoms with van der Waals surface area (Å²) in [7, 11) is 0. The molecule has 2 rings (SSSR count). The van der Waals surface area contributed by atoms with E-state index in [1.54, 1.807) is 6.20 Å². The summed E-state index contributed by atoms with van der Waals surface area (Å²) in [5.74, 6) is 0. The predicted octanol–water partition coefficient (Wildman–Crippen LogP) is 1.70. The Morgan fingerprint density at radius 1 is 1.56 bits per heavy atom. The minimum atomic E-state index is -4.20. The zero-order valence-corrected chi connectivity index (χ0v) is 9.01. The van der Waals surface area contributed by atoms with Crippen molar-refractivity contribution in [1.29, 1.82) is 0 Å². The number of hydrogen-bond donors (Lipinski definition) is 1. The van der Waals surface area contributed by atoms with E-state index in [0.29, 0.717) is 12.2 Å². The third-order valence-electron chi connectivity index (χ3n) is 3.05. The molecule has 0 aliphatic carbocycles. The Kier molecular flexibility index (Phi) is 2.69. The van der Waals surface area contributed by atoms with Crippen LogP contribution < -0.4 is 5.32 Å². The molecule has 3 nitrogen and oxygen atoms in total. The van der Waals surface area contributed by atoms with E-state index in [2.05, 4.69) is 10.3 Å². The molecule has 0 aromatic carbocycles. The van der Waals surface area contributed by atoms with Crippen molar-refractivity contribution in [2.24, 2.45) is 0 Å². The van der Waals surface area contributed by atoms with Crippen LogP contribution >= 0.6 is 0 Å². The van der Waals surface area contributed by atoms with Gasteiger partial charge in [0.2, 0.25) is 0 Å². The summed E-state index contributed by atoms with van der Waals surface area (Å²) in [4.78, 5) is 3.83. The SMILES string of the molecule is CC1(c2cncn2CC(F)(F)F)CCNC1. The summed E-state index contributed by atoms with van der Waals surface area (Å²) in [6, 6.07) is 0. The van der Waals surface area contributed by atoms with E-state index in [4.69, 9.17) is 0 Å². The predicted molar refractivity (Wildman–Crippen MR) is 53.1 cm³/mol. The largest absolute Gasteiger partial charge is 0.406 e. The number of alkyl halides is 3. The summed E-state index contributed by atoms with van der Waals surface area (Å²) in [6.45, 7) is 2.55. The number of hydrogen-bond acceptors (Lipinski definition) is 2. The molecule has 1 N–H and O–H groups in total. The molecule has 1 aromatic rings. The van der Waals surface area contributed by atoms with E-state index < -0.39 is 12.7 Å². The van der Waals surface area contributed by atoms with Crippen LogP contribution in [0.4, 0.5) is 13.2 Å². The van der Waals surface area contributed by atoms with Crippen LogP contribution in [0.1, 0.15) is 19.0 Å². The average molecular weight is 233 g/mol. The molecule has 0 radical (unpaired) electrons. The second-order valence-corrected chi connectivity index (χ2v) is 4.51. The van der Waals surface area contributed by atoms with E-state index in [1.165, 1.54) is 10.9 Å². The van der Waals surface area contributed by atoms with Crippen molar-refractivity contribution >= 4 is 0 Å². The first-order chi connectivity index (χ1) is 7.41. The van der Waals surface area contributed by atoms with Gasteiger partial charge in [-0.3, -0.25) is 0 Å². The Labute approximate surface area is 91.7 Å². The lowest BCUT2D eigenvalue weighted by molar-refractivity contribution is -0.141. The highest BCUT2D eigenvalue weighted by Gasteiger charge is 2.36. The molecule has 90 valence electrons. The lowest BCUT2D eigenvalue weighted by Gasteiger charge is -2.24. The first-order valence-electron chi connectivity index (χ1n) is 5.19. The molecule has 1 aliphatic rings. The van der Waals surface area contributed by atoms with E-state index in [1.807, 2.05) is 6.92 Å². The van der Waals surface area contributed by atoms with E-state index in [9.17, 15) is 13.2 Å². The maximum absolute atomic E-state index is 12.3. The maximum Gasteiger partial charge on any atom is 0.406 e. The van der Waals surface area contributed by atoms with Gasteiger partial charge in [-0.1, -0.05) is 6.92 Å². The van der Waals surface area contributed by atoms with Crippen molar-refractivity contribution in [2.75, 3.05) is 13.1 Å². The summed E-state index contributed by atoms with van der Waals surface area (Å²) in [5, 5.41) is 3.17. The standard InChI is InChI=1S/C10H14F3N3/c1-9(2-3-14-5-9)8-4-15-7-16(8)6-10(11,12)13/h4,7,14H,2-3,5-6H2,1H3. The lowest BCUT2D eigenvalue weighted by atomic mass is 9.86. The Hall–Kier alpha value is -1.04. The molecule has 1 saturated heterocycles. The number of rotatable bonds is 2. The van der Waals surface area contributed by atoms with Crippen molar-refractivity contribution in [3.05, 3.63) is 18.2 Å². The Morgan fingerprint density at radius 3 is 2.88 bits per heavy atom. The van der Waals surface area contributed by atoms with Gasteiger partial charge in [0, 0.05) is 23.9 Å². The van der Waals surface area contributed by atoms with Gasteiger partial charge in [0.1, 0.15) is 6.54 Å². The highest BCUT2D eigenvalue weighted by molar-refractivity contribution is 5.17. The van der Waals surface area contributed by atoms with Gasteiger partial charge in [-0.2, -0.15) is 13.2 Å². The van der Waals surface area contributed by atoms with E-state index in [-0.39, 0.29) is 5.41 Å². The maximum atomic E-state index is 12.3. The van der Waals surface area contributed by atoms with Gasteiger partial charge in [-0.25, -0.2) is 4.98 Å². The fourth-order valence-corrected chi connectivity index (χ4v) is 2.18. The molecule has 2 heterocycles. The van der Waals surface area contributed by atoms with Crippen molar-refractivity contribution in [3.63, 3.8) is 0 Å². The topological polar surface area (TPSA) is 29.9 Å². The quantitative estimate of drug-likeness (QED) is 0.842. The molecule has 16 heavy (non-hydrogen) atoms. The third kappa shape index (κ3) is 2.21. The molecule has 0 amide bonds. The molecular formula is C10H14F3N3. The molecule has 0 spiro atoms. The van der Waals surface area contributed by atoms with E-state index in [0.717, 1.165) is 13.0 Å². The number of nitrogens with one attached hydrogen (secondary N) is 1. The van der Waals surface area contributed by atoms with Gasteiger partial charge in [0.25, 0.3) is 0 Å². The van der Waals surface area contributed by atoms with Gasteiger partial charge in [0.05, 0.1) is 6.33 Å². The zero-order chi connectivity index (χ0) is 11.8. The van der Waals surface area contributed by atoms with Gasteiger partial charge in [0.15, 0.2) is 0 Å². The van der Waals surface area contributed by atoms with Gasteiger partial charge >= 0.3 is 6.18 Å². The van der Waals surface area contributed by atoms with E-state index >= 15 is 0 Å². The van der Waals surface area contributed by atoms with Crippen LogP contribution in [-0.4, -0.2) is 28.8 Å². The lowest BCUT2D eigenvalue weighted by Crippen LogP contribution is -2.30. The number of imidazole rings is 1. The Balaban J connectivity index is 2.25. The first kappa shape index (κ1) is 11.4. The monoisotopic (exact) mass is 233 g/mol. The second-order valence-electron chi connectivity index (χ2n) is 4.51. The molecule has 1 aliphatic heterocycles. The van der Waals surface area contributed by atoms with Crippen LogP contribution in [0.2, 0.25) is 0 Å². The summed E-state index contributed by atoms with van der Waals surface area (Å²) >= 11 is 0. The van der Waals surface area contributed by atoms with Crippen LogP contribution in [0.25, 0.3) is 0 Å². The fraction of sp³-hybridized carbons (Fsp3) is 0.700. The minimum absolute atomic E-state index is 0.234. The number of nitrogens with zero attached hydrogens (tertiary/aromatic N) is 2. The van der Waals surface area contributed by atoms with Crippen molar-refractivity contribution in [2.45, 2.75) is 31.5 Å². The second kappa shape index (κ2) is 3.76. The fourth-order valence-electron chi connectivity index (χ4n) is 2.18. The van der Waals surface area contributed by atoms with Gasteiger partial charge in [-0.15, -0.1) is 0 Å². The summed E-state index contributed by atoms with van der Waals surface area (Å²) in [6.07, 6.45) is -0.556. The highest BCUT2D eigenvalue weighted by Crippen LogP contribution is 2.31. The smallest absolute Gasteiger partial charge is 0.325 e. The van der Waals surface area contributed by atoms with Crippen LogP contribution in [0.3, 0.4) is 0 Å².